The van der Waals surface area contributed by atoms with Gasteiger partial charge >= 0.3 is 0 Å². The van der Waals surface area contributed by atoms with Crippen molar-refractivity contribution in [2.24, 2.45) is 0 Å². The van der Waals surface area contributed by atoms with Crippen LogP contribution in [-0.4, -0.2) is 14.5 Å². The molecule has 5 aromatic carbocycles. The normalized spacial score (nSPS) is 12.4. The summed E-state index contributed by atoms with van der Waals surface area (Å²) in [6.07, 6.45) is 1.92. The Kier molecular flexibility index (Phi) is 4.30. The van der Waals surface area contributed by atoms with Crippen molar-refractivity contribution in [2.75, 3.05) is 4.90 Å². The van der Waals surface area contributed by atoms with Crippen LogP contribution < -0.4 is 4.90 Å². The summed E-state index contributed by atoms with van der Waals surface area (Å²) in [5.74, 6) is 0.918. The molecule has 0 amide bonds. The third-order valence-corrected chi connectivity index (χ3v) is 8.14. The first-order valence-corrected chi connectivity index (χ1v) is 13.5. The van der Waals surface area contributed by atoms with E-state index >= 15 is 0 Å². The van der Waals surface area contributed by atoms with Gasteiger partial charge < -0.3 is 4.57 Å². The molecule has 0 saturated heterocycles. The second-order valence-electron chi connectivity index (χ2n) is 10.3. The molecule has 4 heteroatoms. The number of para-hydroxylation sites is 4. The minimum atomic E-state index is 0.918. The maximum atomic E-state index is 5.27. The number of fused-ring (bicyclic) bond motifs is 7. The highest BCUT2D eigenvalue weighted by Gasteiger charge is 2.29. The van der Waals surface area contributed by atoms with Gasteiger partial charge in [-0.2, -0.15) is 0 Å². The van der Waals surface area contributed by atoms with Crippen LogP contribution in [0.5, 0.6) is 0 Å². The van der Waals surface area contributed by atoms with Gasteiger partial charge in [0.1, 0.15) is 5.82 Å². The van der Waals surface area contributed by atoms with E-state index in [9.17, 15) is 0 Å². The lowest BCUT2D eigenvalue weighted by Crippen LogP contribution is -2.17. The Bertz CT molecular complexity index is 2280. The van der Waals surface area contributed by atoms with Gasteiger partial charge in [-0.1, -0.05) is 72.8 Å². The molecule has 0 saturated carbocycles. The number of aromatic nitrogens is 3. The zero-order valence-electron chi connectivity index (χ0n) is 21.5. The maximum absolute atomic E-state index is 5.27. The highest BCUT2D eigenvalue weighted by Crippen LogP contribution is 2.51. The summed E-state index contributed by atoms with van der Waals surface area (Å²) in [4.78, 5) is 12.5. The van der Waals surface area contributed by atoms with Crippen molar-refractivity contribution in [2.45, 2.75) is 0 Å². The van der Waals surface area contributed by atoms with Gasteiger partial charge in [0.2, 0.25) is 0 Å². The summed E-state index contributed by atoms with van der Waals surface area (Å²) in [6.45, 7) is 0. The molecular formula is C36H22N4. The van der Waals surface area contributed by atoms with Gasteiger partial charge in [0.15, 0.2) is 0 Å². The molecule has 0 unspecified atom stereocenters. The smallest absolute Gasteiger partial charge is 0.148 e. The zero-order chi connectivity index (χ0) is 26.2. The monoisotopic (exact) mass is 510 g/mol. The van der Waals surface area contributed by atoms with Gasteiger partial charge in [-0.25, -0.2) is 4.98 Å². The van der Waals surface area contributed by atoms with E-state index in [-0.39, 0.29) is 0 Å². The Labute approximate surface area is 230 Å². The van der Waals surface area contributed by atoms with E-state index in [0.717, 1.165) is 50.4 Å². The third-order valence-electron chi connectivity index (χ3n) is 8.14. The molecule has 1 aliphatic rings. The lowest BCUT2D eigenvalue weighted by Gasteiger charge is -2.32. The Morgan fingerprint density at radius 2 is 1.27 bits per heavy atom. The van der Waals surface area contributed by atoms with Crippen LogP contribution in [0.25, 0.3) is 60.4 Å². The van der Waals surface area contributed by atoms with Gasteiger partial charge in [0, 0.05) is 39.3 Å². The summed E-state index contributed by atoms with van der Waals surface area (Å²) >= 11 is 0. The number of hydrogen-bond acceptors (Lipinski definition) is 3. The maximum Gasteiger partial charge on any atom is 0.148 e. The van der Waals surface area contributed by atoms with Crippen molar-refractivity contribution in [1.82, 2.24) is 14.5 Å². The quantitative estimate of drug-likeness (QED) is 0.217. The average Bonchev–Trinajstić information content (AvgIpc) is 3.35. The zero-order valence-corrected chi connectivity index (χ0v) is 21.5. The third kappa shape index (κ3) is 2.85. The number of hydrogen-bond donors (Lipinski definition) is 0. The van der Waals surface area contributed by atoms with Gasteiger partial charge in [-0.15, -0.1) is 0 Å². The van der Waals surface area contributed by atoms with Crippen LogP contribution in [0.1, 0.15) is 0 Å². The van der Waals surface area contributed by atoms with Crippen LogP contribution in [-0.2, 0) is 0 Å². The lowest BCUT2D eigenvalue weighted by atomic mass is 9.95. The minimum absolute atomic E-state index is 0.918. The molecule has 4 heterocycles. The minimum Gasteiger partial charge on any atom is -0.309 e. The number of nitrogens with zero attached hydrogens (tertiary/aromatic N) is 4. The van der Waals surface area contributed by atoms with E-state index in [0.29, 0.717) is 0 Å². The fourth-order valence-corrected chi connectivity index (χ4v) is 6.45. The molecule has 9 rings (SSSR count). The van der Waals surface area contributed by atoms with Gasteiger partial charge in [-0.05, 0) is 60.0 Å². The predicted molar refractivity (Wildman–Crippen MR) is 165 cm³/mol. The summed E-state index contributed by atoms with van der Waals surface area (Å²) in [5.41, 5.74) is 8.78. The van der Waals surface area contributed by atoms with E-state index < -0.39 is 0 Å². The standard InChI is InChI=1S/C36H22N4/c1-2-10-23(11-3-1)39-31-16-8-5-13-26(31)29-22-24(18-19-33(29)39)40-32-17-9-6-14-28(32)35-34-27(20-21-37-35)25-12-4-7-15-30(25)38-36(34)40/h1-22H. The first-order valence-electron chi connectivity index (χ1n) is 13.5. The topological polar surface area (TPSA) is 34.0 Å². The van der Waals surface area contributed by atoms with Gasteiger partial charge in [0.05, 0.1) is 33.3 Å². The molecule has 0 fully saturated rings. The van der Waals surface area contributed by atoms with E-state index in [1.54, 1.807) is 0 Å². The molecule has 40 heavy (non-hydrogen) atoms. The van der Waals surface area contributed by atoms with Gasteiger partial charge in [-0.3, -0.25) is 9.88 Å². The molecule has 0 radical (unpaired) electrons. The summed E-state index contributed by atoms with van der Waals surface area (Å²) in [7, 11) is 0. The largest absolute Gasteiger partial charge is 0.309 e. The molecule has 186 valence electrons. The van der Waals surface area contributed by atoms with Crippen LogP contribution in [0.15, 0.2) is 134 Å². The molecule has 4 nitrogen and oxygen atoms in total. The van der Waals surface area contributed by atoms with Crippen molar-refractivity contribution >= 4 is 60.7 Å². The number of pyridine rings is 2. The summed E-state index contributed by atoms with van der Waals surface area (Å²) in [6, 6.07) is 45.1. The van der Waals surface area contributed by atoms with Crippen LogP contribution in [0, 0.1) is 0 Å². The van der Waals surface area contributed by atoms with E-state index in [2.05, 4.69) is 137 Å². The van der Waals surface area contributed by atoms with Crippen LogP contribution in [0.4, 0.5) is 17.2 Å². The second kappa shape index (κ2) is 8.01. The molecule has 0 spiro atoms. The Morgan fingerprint density at radius 1 is 0.525 bits per heavy atom. The SMILES string of the molecule is c1ccc(-n2c3ccccc3c3cc(N4c5ccccc5-c5nccc6c5c4nc4ccccc46)ccc32)cc1. The van der Waals surface area contributed by atoms with Crippen molar-refractivity contribution in [3.05, 3.63) is 134 Å². The fourth-order valence-electron chi connectivity index (χ4n) is 6.45. The molecular weight excluding hydrogens is 488 g/mol. The molecule has 0 bridgehead atoms. The highest BCUT2D eigenvalue weighted by molar-refractivity contribution is 6.19. The van der Waals surface area contributed by atoms with Crippen LogP contribution in [0.3, 0.4) is 0 Å². The van der Waals surface area contributed by atoms with Crippen molar-refractivity contribution in [3.63, 3.8) is 0 Å². The Hall–Kier alpha value is -5.48. The van der Waals surface area contributed by atoms with Crippen molar-refractivity contribution in [1.29, 1.82) is 0 Å². The molecule has 0 N–H and O–H groups in total. The van der Waals surface area contributed by atoms with Crippen molar-refractivity contribution in [3.8, 4) is 16.9 Å². The van der Waals surface area contributed by atoms with E-state index in [1.807, 2.05) is 6.20 Å². The fraction of sp³-hybridized carbons (Fsp3) is 0. The summed E-state index contributed by atoms with van der Waals surface area (Å²) in [5, 5.41) is 5.85. The van der Waals surface area contributed by atoms with Crippen molar-refractivity contribution < 1.29 is 0 Å². The summed E-state index contributed by atoms with van der Waals surface area (Å²) < 4.78 is 2.35. The van der Waals surface area contributed by atoms with E-state index in [4.69, 9.17) is 9.97 Å². The molecule has 3 aromatic heterocycles. The van der Waals surface area contributed by atoms with E-state index in [1.165, 1.54) is 27.2 Å². The molecule has 0 aliphatic carbocycles. The Balaban J connectivity index is 1.38. The first kappa shape index (κ1) is 21.5. The average molecular weight is 511 g/mol. The number of anilines is 3. The Morgan fingerprint density at radius 3 is 2.20 bits per heavy atom. The van der Waals surface area contributed by atoms with Crippen LogP contribution >= 0.6 is 0 Å². The van der Waals surface area contributed by atoms with Crippen LogP contribution in [0.2, 0.25) is 0 Å². The number of rotatable bonds is 2. The first-order chi connectivity index (χ1) is 19.9. The molecule has 1 aliphatic heterocycles. The molecule has 0 atom stereocenters. The highest BCUT2D eigenvalue weighted by atomic mass is 15.2. The lowest BCUT2D eigenvalue weighted by molar-refractivity contribution is 1.17. The number of benzene rings is 5. The van der Waals surface area contributed by atoms with Gasteiger partial charge in [0.25, 0.3) is 0 Å². The predicted octanol–water partition coefficient (Wildman–Crippen LogP) is 9.33. The second-order valence-corrected chi connectivity index (χ2v) is 10.3. The molecule has 8 aromatic rings.